The molecule has 0 aromatic heterocycles. The van der Waals surface area contributed by atoms with Crippen molar-refractivity contribution in [2.45, 2.75) is 95.2 Å². The van der Waals surface area contributed by atoms with Gasteiger partial charge >= 0.3 is 5.97 Å². The molecule has 1 heterocycles. The molecular weight excluding hydrogens is 336 g/mol. The Labute approximate surface area is 156 Å². The first kappa shape index (κ1) is 22.8. The highest BCUT2D eigenvalue weighted by Crippen LogP contribution is 2.26. The number of aliphatic hydroxyl groups excluding tert-OH is 3. The van der Waals surface area contributed by atoms with Crippen LogP contribution in [0.25, 0.3) is 0 Å². The Bertz CT molecular complexity index is 448. The van der Waals surface area contributed by atoms with Crippen LogP contribution in [0.15, 0.2) is 24.3 Å². The highest BCUT2D eigenvalue weighted by Gasteiger charge is 2.36. The van der Waals surface area contributed by atoms with Gasteiger partial charge in [0.2, 0.25) is 0 Å². The molecule has 150 valence electrons. The summed E-state index contributed by atoms with van der Waals surface area (Å²) < 4.78 is 5.73. The average molecular weight is 370 g/mol. The molecule has 6 heteroatoms. The first-order chi connectivity index (χ1) is 12.4. The number of carboxylic acids is 1. The summed E-state index contributed by atoms with van der Waals surface area (Å²) in [5.41, 5.74) is 0. The largest absolute Gasteiger partial charge is 0.481 e. The Hall–Kier alpha value is -1.21. The smallest absolute Gasteiger partial charge is 0.303 e. The summed E-state index contributed by atoms with van der Waals surface area (Å²) in [6.07, 6.45) is 10.2. The third kappa shape index (κ3) is 9.48. The number of aliphatic carboxylic acids is 1. The zero-order valence-corrected chi connectivity index (χ0v) is 15.7. The third-order valence-electron chi connectivity index (χ3n) is 4.55. The normalized spacial score (nSPS) is 25.9. The predicted octanol–water partition coefficient (Wildman–Crippen LogP) is 2.56. The summed E-state index contributed by atoms with van der Waals surface area (Å²) in [7, 11) is 0. The number of rotatable bonds is 13. The Morgan fingerprint density at radius 3 is 2.69 bits per heavy atom. The van der Waals surface area contributed by atoms with Gasteiger partial charge in [-0.2, -0.15) is 0 Å². The van der Waals surface area contributed by atoms with E-state index < -0.39 is 30.4 Å². The molecule has 1 aliphatic heterocycles. The van der Waals surface area contributed by atoms with Crippen LogP contribution in [0.5, 0.6) is 0 Å². The summed E-state index contributed by atoms with van der Waals surface area (Å²) in [5, 5.41) is 38.7. The second kappa shape index (κ2) is 13.0. The Morgan fingerprint density at radius 1 is 1.23 bits per heavy atom. The molecule has 0 spiro atoms. The minimum atomic E-state index is -0.801. The zero-order valence-electron chi connectivity index (χ0n) is 15.7. The van der Waals surface area contributed by atoms with Crippen molar-refractivity contribution >= 4 is 5.97 Å². The predicted molar refractivity (Wildman–Crippen MR) is 99.8 cm³/mol. The van der Waals surface area contributed by atoms with Crippen LogP contribution in [-0.2, 0) is 9.53 Å². The Balaban J connectivity index is 2.29. The summed E-state index contributed by atoms with van der Waals surface area (Å²) >= 11 is 0. The van der Waals surface area contributed by atoms with Crippen LogP contribution in [0.3, 0.4) is 0 Å². The maximum Gasteiger partial charge on any atom is 0.303 e. The van der Waals surface area contributed by atoms with Gasteiger partial charge in [0.15, 0.2) is 0 Å². The fraction of sp³-hybridized carbons (Fsp3) is 0.750. The van der Waals surface area contributed by atoms with Gasteiger partial charge in [-0.15, -0.1) is 0 Å². The van der Waals surface area contributed by atoms with Crippen LogP contribution < -0.4 is 0 Å². The van der Waals surface area contributed by atoms with Crippen molar-refractivity contribution in [3.8, 4) is 0 Å². The number of hydrogen-bond donors (Lipinski definition) is 4. The van der Waals surface area contributed by atoms with Crippen molar-refractivity contribution in [3.05, 3.63) is 24.3 Å². The minimum Gasteiger partial charge on any atom is -0.481 e. The molecule has 1 aliphatic rings. The van der Waals surface area contributed by atoms with Crippen LogP contribution in [0.2, 0.25) is 0 Å². The number of aliphatic hydroxyl groups is 3. The Morgan fingerprint density at radius 2 is 2.00 bits per heavy atom. The molecule has 1 saturated heterocycles. The lowest BCUT2D eigenvalue weighted by molar-refractivity contribution is -0.137. The highest BCUT2D eigenvalue weighted by molar-refractivity contribution is 5.66. The summed E-state index contributed by atoms with van der Waals surface area (Å²) in [6.45, 7) is 2.11. The maximum atomic E-state index is 10.4. The van der Waals surface area contributed by atoms with E-state index in [1.165, 1.54) is 0 Å². The van der Waals surface area contributed by atoms with E-state index in [1.54, 1.807) is 12.2 Å². The van der Waals surface area contributed by atoms with Gasteiger partial charge in [0.1, 0.15) is 6.10 Å². The fourth-order valence-corrected chi connectivity index (χ4v) is 2.97. The van der Waals surface area contributed by atoms with Crippen LogP contribution >= 0.6 is 0 Å². The van der Waals surface area contributed by atoms with E-state index in [4.69, 9.17) is 9.84 Å². The monoisotopic (exact) mass is 370 g/mol. The molecule has 1 fully saturated rings. The SMILES string of the molecule is CCCCC[C@@H](O)[C@@H]1C[C@@H](O)[C@@H](/C=C/[C@@H](O)C/C=C\CCCC(=O)O)O1. The lowest BCUT2D eigenvalue weighted by Gasteiger charge is -2.18. The topological polar surface area (TPSA) is 107 Å². The molecule has 0 unspecified atom stereocenters. The van der Waals surface area contributed by atoms with E-state index in [0.29, 0.717) is 32.1 Å². The number of unbranched alkanes of at least 4 members (excludes halogenated alkanes) is 3. The van der Waals surface area contributed by atoms with Gasteiger partial charge in [-0.25, -0.2) is 0 Å². The van der Waals surface area contributed by atoms with E-state index in [0.717, 1.165) is 19.3 Å². The fourth-order valence-electron chi connectivity index (χ4n) is 2.97. The van der Waals surface area contributed by atoms with Gasteiger partial charge in [0.25, 0.3) is 0 Å². The Kier molecular flexibility index (Phi) is 11.4. The first-order valence-corrected chi connectivity index (χ1v) is 9.68. The lowest BCUT2D eigenvalue weighted by atomic mass is 10.0. The molecule has 0 radical (unpaired) electrons. The molecule has 0 amide bonds. The van der Waals surface area contributed by atoms with E-state index in [1.807, 2.05) is 12.2 Å². The van der Waals surface area contributed by atoms with Crippen LogP contribution in [0, 0.1) is 0 Å². The molecule has 0 bridgehead atoms. The van der Waals surface area contributed by atoms with Gasteiger partial charge in [-0.05, 0) is 25.7 Å². The molecule has 0 aromatic carbocycles. The van der Waals surface area contributed by atoms with E-state index in [2.05, 4.69) is 6.92 Å². The van der Waals surface area contributed by atoms with Gasteiger partial charge in [-0.1, -0.05) is 50.5 Å². The quantitative estimate of drug-likeness (QED) is 0.293. The van der Waals surface area contributed by atoms with Crippen molar-refractivity contribution in [1.82, 2.24) is 0 Å². The number of hydrogen-bond acceptors (Lipinski definition) is 5. The average Bonchev–Trinajstić information content (AvgIpc) is 2.97. The first-order valence-electron chi connectivity index (χ1n) is 9.68. The molecule has 26 heavy (non-hydrogen) atoms. The molecule has 0 aliphatic carbocycles. The van der Waals surface area contributed by atoms with E-state index in [9.17, 15) is 20.1 Å². The van der Waals surface area contributed by atoms with Gasteiger partial charge in [0, 0.05) is 12.8 Å². The van der Waals surface area contributed by atoms with Crippen molar-refractivity contribution in [2.75, 3.05) is 0 Å². The maximum absolute atomic E-state index is 10.4. The molecule has 1 rings (SSSR count). The molecule has 0 saturated carbocycles. The molecule has 0 aromatic rings. The highest BCUT2D eigenvalue weighted by atomic mass is 16.5. The molecule has 5 atom stereocenters. The second-order valence-corrected chi connectivity index (χ2v) is 6.95. The van der Waals surface area contributed by atoms with Crippen LogP contribution in [0.1, 0.15) is 64.7 Å². The zero-order chi connectivity index (χ0) is 19.4. The van der Waals surface area contributed by atoms with Crippen molar-refractivity contribution in [2.24, 2.45) is 0 Å². The summed E-state index contributed by atoms with van der Waals surface area (Å²) in [5.74, 6) is -0.801. The van der Waals surface area contributed by atoms with Crippen molar-refractivity contribution < 1.29 is 30.0 Å². The van der Waals surface area contributed by atoms with E-state index in [-0.39, 0.29) is 12.5 Å². The number of allylic oxidation sites excluding steroid dienone is 1. The third-order valence-corrected chi connectivity index (χ3v) is 4.55. The second-order valence-electron chi connectivity index (χ2n) is 6.95. The molecule has 6 nitrogen and oxygen atoms in total. The van der Waals surface area contributed by atoms with Crippen LogP contribution in [-0.4, -0.2) is 56.9 Å². The summed E-state index contributed by atoms with van der Waals surface area (Å²) in [6, 6.07) is 0. The lowest BCUT2D eigenvalue weighted by Crippen LogP contribution is -2.26. The van der Waals surface area contributed by atoms with Crippen molar-refractivity contribution in [1.29, 1.82) is 0 Å². The van der Waals surface area contributed by atoms with Crippen LogP contribution in [0.4, 0.5) is 0 Å². The number of ether oxygens (including phenoxy) is 1. The van der Waals surface area contributed by atoms with E-state index >= 15 is 0 Å². The van der Waals surface area contributed by atoms with Gasteiger partial charge in [-0.3, -0.25) is 4.79 Å². The van der Waals surface area contributed by atoms with Gasteiger partial charge in [0.05, 0.1) is 24.4 Å². The molecule has 4 N–H and O–H groups in total. The molecular formula is C20H34O6. The van der Waals surface area contributed by atoms with Crippen molar-refractivity contribution in [3.63, 3.8) is 0 Å². The number of carbonyl (C=O) groups is 1. The van der Waals surface area contributed by atoms with Gasteiger partial charge < -0.3 is 25.2 Å². The number of carboxylic acid groups (broad SMARTS) is 1. The summed E-state index contributed by atoms with van der Waals surface area (Å²) in [4.78, 5) is 10.4. The standard InChI is InChI=1S/C20H34O6/c1-2-3-6-10-16(22)19-14-17(23)18(26-19)13-12-15(21)9-7-4-5-8-11-20(24)25/h4,7,12-13,15-19,21-23H,2-3,5-6,8-11,14H2,1H3,(H,24,25)/b7-4-,13-12+/t15-,16+,17+,18+,19-/m0/s1. The minimum absolute atomic E-state index is 0.148.